The fourth-order valence-electron chi connectivity index (χ4n) is 4.04. The average Bonchev–Trinajstić information content (AvgIpc) is 3.38. The van der Waals surface area contributed by atoms with Gasteiger partial charge in [0.15, 0.2) is 11.5 Å². The Kier molecular flexibility index (Phi) is 6.13. The molecule has 1 aromatic heterocycles. The predicted octanol–water partition coefficient (Wildman–Crippen LogP) is 2.72. The maximum atomic E-state index is 12.1. The van der Waals surface area contributed by atoms with Crippen molar-refractivity contribution in [1.29, 1.82) is 0 Å². The first kappa shape index (κ1) is 23.2. The molecule has 0 radical (unpaired) electrons. The van der Waals surface area contributed by atoms with Gasteiger partial charge in [0.25, 0.3) is 0 Å². The van der Waals surface area contributed by atoms with Gasteiger partial charge in [-0.1, -0.05) is 12.1 Å². The van der Waals surface area contributed by atoms with Crippen LogP contribution in [0.1, 0.15) is 17.2 Å². The largest absolute Gasteiger partial charge is 0.493 e. The van der Waals surface area contributed by atoms with E-state index in [4.69, 9.17) is 18.9 Å². The molecule has 2 aromatic carbocycles. The highest BCUT2D eigenvalue weighted by molar-refractivity contribution is 7.91. The molecule has 2 aliphatic rings. The maximum absolute atomic E-state index is 12.1. The van der Waals surface area contributed by atoms with Crippen LogP contribution in [-0.2, 0) is 10.2 Å². The zero-order chi connectivity index (χ0) is 24.6. The van der Waals surface area contributed by atoms with Gasteiger partial charge in [0.05, 0.1) is 44.2 Å². The number of methoxy groups -OCH3 is 1. The molecule has 0 bridgehead atoms. The second kappa shape index (κ2) is 9.25. The average molecular weight is 500 g/mol. The van der Waals surface area contributed by atoms with Crippen LogP contribution in [-0.4, -0.2) is 51.6 Å². The maximum Gasteiger partial charge on any atom is 0.303 e. The number of hydrogen-bond donors (Lipinski definition) is 2. The fourth-order valence-corrected chi connectivity index (χ4v) is 5.33. The second-order valence-electron chi connectivity index (χ2n) is 8.20. The summed E-state index contributed by atoms with van der Waals surface area (Å²) >= 11 is 0. The number of para-hydroxylation sites is 1. The van der Waals surface area contributed by atoms with E-state index in [0.29, 0.717) is 53.5 Å². The Morgan fingerprint density at radius 2 is 1.94 bits per heavy atom. The SMILES string of the molecule is COc1ccc(Oc2cccc3c2OC[C@H]3COc2ccc(N3CC(O)NS3(=O)=O)cc2)c(C)n1. The first-order valence-electron chi connectivity index (χ1n) is 11.0. The zero-order valence-corrected chi connectivity index (χ0v) is 20.0. The van der Waals surface area contributed by atoms with Crippen molar-refractivity contribution in [2.24, 2.45) is 0 Å². The third-order valence-electron chi connectivity index (χ3n) is 5.81. The van der Waals surface area contributed by atoms with E-state index in [0.717, 1.165) is 9.87 Å². The molecule has 11 heteroatoms. The number of β-amino-alcohol motifs (C(OH)–C–C–N with tert-alkyl or cyclic N) is 1. The summed E-state index contributed by atoms with van der Waals surface area (Å²) in [4.78, 5) is 4.34. The lowest BCUT2D eigenvalue weighted by Crippen LogP contribution is -2.29. The Morgan fingerprint density at radius 1 is 1.14 bits per heavy atom. The van der Waals surface area contributed by atoms with Gasteiger partial charge < -0.3 is 24.1 Å². The van der Waals surface area contributed by atoms with E-state index in [9.17, 15) is 13.5 Å². The van der Waals surface area contributed by atoms with Crippen LogP contribution in [0, 0.1) is 6.92 Å². The summed E-state index contributed by atoms with van der Waals surface area (Å²) in [5.41, 5.74) is 2.14. The van der Waals surface area contributed by atoms with Gasteiger partial charge >= 0.3 is 10.2 Å². The molecule has 0 amide bonds. The van der Waals surface area contributed by atoms with Gasteiger partial charge in [0, 0.05) is 11.6 Å². The number of anilines is 1. The summed E-state index contributed by atoms with van der Waals surface area (Å²) in [7, 11) is -2.17. The van der Waals surface area contributed by atoms with Crippen molar-refractivity contribution in [3.63, 3.8) is 0 Å². The van der Waals surface area contributed by atoms with Crippen LogP contribution in [0.3, 0.4) is 0 Å². The Hall–Kier alpha value is -3.54. The smallest absolute Gasteiger partial charge is 0.303 e. The number of aliphatic hydroxyl groups is 1. The highest BCUT2D eigenvalue weighted by Crippen LogP contribution is 2.43. The molecule has 184 valence electrons. The van der Waals surface area contributed by atoms with Gasteiger partial charge in [-0.3, -0.25) is 4.31 Å². The topological polar surface area (TPSA) is 119 Å². The molecule has 3 aromatic rings. The van der Waals surface area contributed by atoms with Crippen molar-refractivity contribution >= 4 is 15.9 Å². The molecule has 35 heavy (non-hydrogen) atoms. The molecule has 3 heterocycles. The number of aromatic nitrogens is 1. The lowest BCUT2D eigenvalue weighted by molar-refractivity contribution is 0.183. The summed E-state index contributed by atoms with van der Waals surface area (Å²) < 4.78 is 50.5. The number of ether oxygens (including phenoxy) is 4. The van der Waals surface area contributed by atoms with Gasteiger partial charge in [-0.05, 0) is 43.3 Å². The van der Waals surface area contributed by atoms with Crippen LogP contribution in [0.5, 0.6) is 28.9 Å². The molecule has 1 fully saturated rings. The molecular formula is C24H25N3O7S. The van der Waals surface area contributed by atoms with Gasteiger partial charge in [-0.2, -0.15) is 13.1 Å². The number of nitrogens with zero attached hydrogens (tertiary/aromatic N) is 2. The van der Waals surface area contributed by atoms with Gasteiger partial charge in [0.1, 0.15) is 17.7 Å². The third kappa shape index (κ3) is 4.70. The fraction of sp³-hybridized carbons (Fsp3) is 0.292. The minimum atomic E-state index is -3.74. The quantitative estimate of drug-likeness (QED) is 0.509. The molecule has 5 rings (SSSR count). The second-order valence-corrected chi connectivity index (χ2v) is 9.82. The zero-order valence-electron chi connectivity index (χ0n) is 19.2. The van der Waals surface area contributed by atoms with Crippen molar-refractivity contribution in [2.75, 3.05) is 31.2 Å². The molecule has 2 atom stereocenters. The normalized spacial score (nSPS) is 20.3. The number of benzene rings is 2. The molecule has 1 saturated heterocycles. The van der Waals surface area contributed by atoms with E-state index in [2.05, 4.69) is 9.71 Å². The Bertz CT molecular complexity index is 1330. The van der Waals surface area contributed by atoms with Crippen LogP contribution in [0.2, 0.25) is 0 Å². The van der Waals surface area contributed by atoms with Crippen LogP contribution < -0.4 is 28.0 Å². The third-order valence-corrected chi connectivity index (χ3v) is 7.32. The van der Waals surface area contributed by atoms with E-state index >= 15 is 0 Å². The van der Waals surface area contributed by atoms with E-state index < -0.39 is 16.4 Å². The monoisotopic (exact) mass is 499 g/mol. The van der Waals surface area contributed by atoms with Crippen LogP contribution >= 0.6 is 0 Å². The van der Waals surface area contributed by atoms with Crippen LogP contribution in [0.4, 0.5) is 5.69 Å². The Morgan fingerprint density at radius 3 is 2.63 bits per heavy atom. The first-order valence-corrected chi connectivity index (χ1v) is 12.4. The van der Waals surface area contributed by atoms with Crippen molar-refractivity contribution in [1.82, 2.24) is 9.71 Å². The van der Waals surface area contributed by atoms with E-state index in [1.807, 2.05) is 31.2 Å². The molecular weight excluding hydrogens is 474 g/mol. The minimum absolute atomic E-state index is 0.00150. The van der Waals surface area contributed by atoms with Gasteiger partial charge in [-0.15, -0.1) is 0 Å². The lowest BCUT2D eigenvalue weighted by atomic mass is 10.0. The van der Waals surface area contributed by atoms with Crippen molar-refractivity contribution in [3.8, 4) is 28.9 Å². The molecule has 0 saturated carbocycles. The predicted molar refractivity (Wildman–Crippen MR) is 128 cm³/mol. The van der Waals surface area contributed by atoms with Crippen LogP contribution in [0.25, 0.3) is 0 Å². The number of nitrogens with one attached hydrogen (secondary N) is 1. The Balaban J connectivity index is 1.25. The summed E-state index contributed by atoms with van der Waals surface area (Å²) in [6, 6.07) is 16.0. The van der Waals surface area contributed by atoms with E-state index in [1.165, 1.54) is 0 Å². The van der Waals surface area contributed by atoms with E-state index in [-0.39, 0.29) is 12.5 Å². The summed E-state index contributed by atoms with van der Waals surface area (Å²) in [5, 5.41) is 9.59. The van der Waals surface area contributed by atoms with Gasteiger partial charge in [-0.25, -0.2) is 4.98 Å². The van der Waals surface area contributed by atoms with Crippen molar-refractivity contribution in [2.45, 2.75) is 19.1 Å². The highest BCUT2D eigenvalue weighted by Gasteiger charge is 2.34. The van der Waals surface area contributed by atoms with Crippen LogP contribution in [0.15, 0.2) is 54.6 Å². The molecule has 10 nitrogen and oxygen atoms in total. The molecule has 2 aliphatic heterocycles. The molecule has 0 spiro atoms. The van der Waals surface area contributed by atoms with Crippen molar-refractivity contribution < 1.29 is 32.5 Å². The van der Waals surface area contributed by atoms with Crippen molar-refractivity contribution in [3.05, 3.63) is 65.9 Å². The minimum Gasteiger partial charge on any atom is -0.493 e. The molecule has 1 unspecified atom stereocenters. The standard InChI is InChI=1S/C24H25N3O7S/c1-15-20(10-11-23(25-15)31-2)34-21-5-3-4-19-16(14-33-24(19)21)13-32-18-8-6-17(7-9-18)27-12-22(28)26-35(27,29)30/h3-11,16,22,26,28H,12-14H2,1-2H3/t16-,22?/m1/s1. The number of aryl methyl sites for hydroxylation is 1. The highest BCUT2D eigenvalue weighted by atomic mass is 32.2. The number of fused-ring (bicyclic) bond motifs is 1. The number of pyridine rings is 1. The lowest BCUT2D eigenvalue weighted by Gasteiger charge is -2.16. The summed E-state index contributed by atoms with van der Waals surface area (Å²) in [6.45, 7) is 2.63. The van der Waals surface area contributed by atoms with Gasteiger partial charge in [0.2, 0.25) is 5.88 Å². The summed E-state index contributed by atoms with van der Waals surface area (Å²) in [5.74, 6) is 3.02. The molecule has 0 aliphatic carbocycles. The Labute approximate surface area is 203 Å². The molecule has 2 N–H and O–H groups in total. The first-order chi connectivity index (χ1) is 16.8. The summed E-state index contributed by atoms with van der Waals surface area (Å²) in [6.07, 6.45) is -1.13. The number of rotatable bonds is 7. The number of aliphatic hydroxyl groups excluding tert-OH is 1. The number of hydrogen-bond acceptors (Lipinski definition) is 8. The van der Waals surface area contributed by atoms with E-state index in [1.54, 1.807) is 37.4 Å².